The number of aryl methyl sites for hydroxylation is 1. The Bertz CT molecular complexity index is 1280. The summed E-state index contributed by atoms with van der Waals surface area (Å²) in [5, 5.41) is 2.89. The summed E-state index contributed by atoms with van der Waals surface area (Å²) < 4.78 is 2.19. The summed E-state index contributed by atoms with van der Waals surface area (Å²) in [5.74, 6) is 0. The molecule has 0 N–H and O–H groups in total. The van der Waals surface area contributed by atoms with Crippen molar-refractivity contribution >= 4 is 33.7 Å². The van der Waals surface area contributed by atoms with Gasteiger partial charge in [-0.05, 0) is 60.1 Å². The van der Waals surface area contributed by atoms with Gasteiger partial charge in [0, 0.05) is 11.1 Å². The zero-order valence-electron chi connectivity index (χ0n) is 15.4. The van der Waals surface area contributed by atoms with E-state index in [2.05, 4.69) is 57.9 Å². The molecule has 4 nitrogen and oxygen atoms in total. The average molecular weight is 382 g/mol. The second-order valence-electron chi connectivity index (χ2n) is 6.54. The Morgan fingerprint density at radius 1 is 0.857 bits per heavy atom. The quantitative estimate of drug-likeness (QED) is 0.375. The van der Waals surface area contributed by atoms with Gasteiger partial charge in [0.15, 0.2) is 5.16 Å². The highest BCUT2D eigenvalue weighted by molar-refractivity contribution is 7.99. The molecule has 0 unspecified atom stereocenters. The van der Waals surface area contributed by atoms with Crippen LogP contribution in [0.1, 0.15) is 12.5 Å². The first kappa shape index (κ1) is 17.0. The minimum absolute atomic E-state index is 0.898. The van der Waals surface area contributed by atoms with Gasteiger partial charge in [-0.2, -0.15) is 0 Å². The third kappa shape index (κ3) is 2.94. The molecule has 0 aliphatic heterocycles. The molecule has 0 aliphatic carbocycles. The number of rotatable bonds is 4. The van der Waals surface area contributed by atoms with E-state index in [-0.39, 0.29) is 0 Å². The number of hydrogen-bond donors (Lipinski definition) is 0. The van der Waals surface area contributed by atoms with E-state index < -0.39 is 0 Å². The van der Waals surface area contributed by atoms with Gasteiger partial charge < -0.3 is 0 Å². The van der Waals surface area contributed by atoms with Gasteiger partial charge in [-0.1, -0.05) is 43.3 Å². The molecule has 0 atom stereocenters. The molecule has 0 bridgehead atoms. The monoisotopic (exact) mass is 382 g/mol. The summed E-state index contributed by atoms with van der Waals surface area (Å²) >= 11 is 1.58. The summed E-state index contributed by atoms with van der Waals surface area (Å²) in [7, 11) is 0. The van der Waals surface area contributed by atoms with Gasteiger partial charge in [0.2, 0.25) is 0 Å². The molecule has 3 aromatic carbocycles. The minimum Gasteiger partial charge on any atom is -0.287 e. The lowest BCUT2D eigenvalue weighted by Gasteiger charge is -2.10. The first-order valence-electron chi connectivity index (χ1n) is 9.28. The zero-order chi connectivity index (χ0) is 18.9. The fourth-order valence-electron chi connectivity index (χ4n) is 3.37. The standard InChI is InChI=1S/C23H18N4S/c1-2-16-12-13-19-18(14-16)22(25-15-24-19)28-23-26-20-10-6-7-11-21(20)27(23)17-8-4-3-5-9-17/h3-15H,2H2,1H3. The molecule has 0 fully saturated rings. The van der Waals surface area contributed by atoms with Crippen molar-refractivity contribution < 1.29 is 0 Å². The predicted molar refractivity (Wildman–Crippen MR) is 114 cm³/mol. The average Bonchev–Trinajstić information content (AvgIpc) is 3.12. The van der Waals surface area contributed by atoms with E-state index >= 15 is 0 Å². The molecule has 28 heavy (non-hydrogen) atoms. The highest BCUT2D eigenvalue weighted by Crippen LogP contribution is 2.34. The number of hydrogen-bond acceptors (Lipinski definition) is 4. The molecule has 0 saturated heterocycles. The van der Waals surface area contributed by atoms with Crippen molar-refractivity contribution in [3.63, 3.8) is 0 Å². The summed E-state index contributed by atoms with van der Waals surface area (Å²) in [5.41, 5.74) is 5.38. The largest absolute Gasteiger partial charge is 0.287 e. The summed E-state index contributed by atoms with van der Waals surface area (Å²) in [4.78, 5) is 13.9. The molecular formula is C23H18N4S. The Balaban J connectivity index is 1.70. The lowest BCUT2D eigenvalue weighted by Crippen LogP contribution is -1.97. The SMILES string of the molecule is CCc1ccc2ncnc(Sc3nc4ccccc4n3-c3ccccc3)c2c1. The lowest BCUT2D eigenvalue weighted by molar-refractivity contribution is 0.915. The Hall–Kier alpha value is -3.18. The molecule has 5 heteroatoms. The van der Waals surface area contributed by atoms with E-state index in [4.69, 9.17) is 4.98 Å². The topological polar surface area (TPSA) is 43.6 Å². The maximum absolute atomic E-state index is 4.90. The van der Waals surface area contributed by atoms with Gasteiger partial charge >= 0.3 is 0 Å². The van der Waals surface area contributed by atoms with Crippen molar-refractivity contribution in [1.29, 1.82) is 0 Å². The van der Waals surface area contributed by atoms with Gasteiger partial charge in [-0.25, -0.2) is 15.0 Å². The second-order valence-corrected chi connectivity index (χ2v) is 7.50. The molecule has 5 rings (SSSR count). The summed E-state index contributed by atoms with van der Waals surface area (Å²) in [6.07, 6.45) is 2.61. The number of imidazole rings is 1. The molecule has 136 valence electrons. The minimum atomic E-state index is 0.898. The smallest absolute Gasteiger partial charge is 0.180 e. The van der Waals surface area contributed by atoms with Crippen LogP contribution in [0.15, 0.2) is 89.3 Å². The van der Waals surface area contributed by atoms with Gasteiger partial charge in [0.1, 0.15) is 11.4 Å². The van der Waals surface area contributed by atoms with Crippen molar-refractivity contribution in [1.82, 2.24) is 19.5 Å². The van der Waals surface area contributed by atoms with Crippen LogP contribution in [0.5, 0.6) is 0 Å². The van der Waals surface area contributed by atoms with Crippen molar-refractivity contribution in [3.8, 4) is 5.69 Å². The summed E-state index contributed by atoms with van der Waals surface area (Å²) in [6.45, 7) is 2.16. The molecule has 5 aromatic rings. The Kier molecular flexibility index (Phi) is 4.29. The van der Waals surface area contributed by atoms with Crippen LogP contribution < -0.4 is 0 Å². The number of aromatic nitrogens is 4. The molecule has 0 saturated carbocycles. The molecular weight excluding hydrogens is 364 g/mol. The number of para-hydroxylation sites is 3. The molecule has 0 aliphatic rings. The summed E-state index contributed by atoms with van der Waals surface area (Å²) in [6, 6.07) is 24.9. The fraction of sp³-hybridized carbons (Fsp3) is 0.0870. The first-order valence-corrected chi connectivity index (χ1v) is 10.1. The highest BCUT2D eigenvalue weighted by atomic mass is 32.2. The molecule has 2 heterocycles. The van der Waals surface area contributed by atoms with Crippen LogP contribution in [0.4, 0.5) is 0 Å². The fourth-order valence-corrected chi connectivity index (χ4v) is 4.35. The second kappa shape index (κ2) is 7.09. The predicted octanol–water partition coefficient (Wildman–Crippen LogP) is 5.68. The van der Waals surface area contributed by atoms with Crippen LogP contribution in [0.2, 0.25) is 0 Å². The van der Waals surface area contributed by atoms with Crippen LogP contribution >= 0.6 is 11.8 Å². The van der Waals surface area contributed by atoms with Crippen molar-refractivity contribution in [3.05, 3.63) is 84.7 Å². The number of nitrogens with zero attached hydrogens (tertiary/aromatic N) is 4. The van der Waals surface area contributed by atoms with Crippen LogP contribution in [0.3, 0.4) is 0 Å². The normalized spacial score (nSPS) is 11.3. The van der Waals surface area contributed by atoms with E-state index in [0.29, 0.717) is 0 Å². The van der Waals surface area contributed by atoms with E-state index in [1.807, 2.05) is 36.4 Å². The first-order chi connectivity index (χ1) is 13.8. The van der Waals surface area contributed by atoms with Crippen molar-refractivity contribution in [2.24, 2.45) is 0 Å². The van der Waals surface area contributed by atoms with Gasteiger partial charge in [-0.3, -0.25) is 4.57 Å². The number of benzene rings is 3. The maximum Gasteiger partial charge on any atom is 0.180 e. The zero-order valence-corrected chi connectivity index (χ0v) is 16.2. The van der Waals surface area contributed by atoms with Crippen molar-refractivity contribution in [2.75, 3.05) is 0 Å². The van der Waals surface area contributed by atoms with Crippen molar-refractivity contribution in [2.45, 2.75) is 23.5 Å². The lowest BCUT2D eigenvalue weighted by atomic mass is 10.1. The third-order valence-corrected chi connectivity index (χ3v) is 5.78. The van der Waals surface area contributed by atoms with E-state index in [1.54, 1.807) is 18.1 Å². The van der Waals surface area contributed by atoms with Gasteiger partial charge in [-0.15, -0.1) is 0 Å². The van der Waals surface area contributed by atoms with E-state index in [9.17, 15) is 0 Å². The van der Waals surface area contributed by atoms with E-state index in [0.717, 1.165) is 44.2 Å². The maximum atomic E-state index is 4.90. The van der Waals surface area contributed by atoms with E-state index in [1.165, 1.54) is 5.56 Å². The van der Waals surface area contributed by atoms with Crippen LogP contribution in [0, 0.1) is 0 Å². The Morgan fingerprint density at radius 2 is 1.68 bits per heavy atom. The number of fused-ring (bicyclic) bond motifs is 2. The van der Waals surface area contributed by atoms with Crippen LogP contribution in [-0.4, -0.2) is 19.5 Å². The molecule has 0 spiro atoms. The van der Waals surface area contributed by atoms with Gasteiger partial charge in [0.05, 0.1) is 16.6 Å². The Morgan fingerprint density at radius 3 is 2.54 bits per heavy atom. The molecule has 0 radical (unpaired) electrons. The Labute approximate surface area is 167 Å². The van der Waals surface area contributed by atoms with Gasteiger partial charge in [0.25, 0.3) is 0 Å². The highest BCUT2D eigenvalue weighted by Gasteiger charge is 2.16. The molecule has 0 amide bonds. The third-order valence-electron chi connectivity index (χ3n) is 4.80. The van der Waals surface area contributed by atoms with Crippen LogP contribution in [0.25, 0.3) is 27.6 Å². The molecule has 2 aromatic heterocycles. The van der Waals surface area contributed by atoms with Crippen LogP contribution in [-0.2, 0) is 6.42 Å².